The summed E-state index contributed by atoms with van der Waals surface area (Å²) in [5.41, 5.74) is 3.21. The quantitative estimate of drug-likeness (QED) is 0.632. The number of fused-ring (bicyclic) bond motifs is 1. The first kappa shape index (κ1) is 20.9. The van der Waals surface area contributed by atoms with Gasteiger partial charge in [0.15, 0.2) is 5.78 Å². The van der Waals surface area contributed by atoms with E-state index in [0.717, 1.165) is 27.8 Å². The number of piperazine rings is 1. The molecule has 0 spiro atoms. The molecule has 0 unspecified atom stereocenters. The van der Waals surface area contributed by atoms with Crippen molar-refractivity contribution >= 4 is 28.6 Å². The van der Waals surface area contributed by atoms with Gasteiger partial charge in [-0.3, -0.25) is 4.79 Å². The van der Waals surface area contributed by atoms with Crippen LogP contribution in [0.2, 0.25) is 0 Å². The van der Waals surface area contributed by atoms with Crippen LogP contribution in [0, 0.1) is 0 Å². The molecule has 0 saturated carbocycles. The number of benzene rings is 1. The van der Waals surface area contributed by atoms with Crippen LogP contribution < -0.4 is 4.90 Å². The molecule has 1 aliphatic rings. The topological polar surface area (TPSA) is 78.5 Å². The average molecular weight is 421 g/mol. The first-order valence-electron chi connectivity index (χ1n) is 10.5. The summed E-state index contributed by atoms with van der Waals surface area (Å²) in [5, 5.41) is 0.934. The van der Waals surface area contributed by atoms with Gasteiger partial charge in [0.1, 0.15) is 11.4 Å². The van der Waals surface area contributed by atoms with Crippen LogP contribution in [0.5, 0.6) is 0 Å². The maximum Gasteiger partial charge on any atom is 0.410 e. The van der Waals surface area contributed by atoms with Crippen LogP contribution in [0.3, 0.4) is 0 Å². The van der Waals surface area contributed by atoms with Crippen LogP contribution in [0.25, 0.3) is 22.0 Å². The highest BCUT2D eigenvalue weighted by Gasteiger charge is 2.26. The SMILES string of the molecule is CC(=O)c1c[nH]c2cc(-c3ccc(N4CCN(C(=O)OC(C)(C)C)CC4)nc3)ccc12. The molecule has 0 bridgehead atoms. The van der Waals surface area contributed by atoms with Crippen LogP contribution in [-0.4, -0.2) is 58.5 Å². The number of anilines is 1. The molecule has 1 saturated heterocycles. The number of ether oxygens (including phenoxy) is 1. The fraction of sp³-hybridized carbons (Fsp3) is 0.375. The van der Waals surface area contributed by atoms with Gasteiger partial charge in [0.2, 0.25) is 0 Å². The van der Waals surface area contributed by atoms with Crippen molar-refractivity contribution in [1.29, 1.82) is 0 Å². The Hall–Kier alpha value is -3.35. The third-order valence-corrected chi connectivity index (χ3v) is 5.40. The molecule has 31 heavy (non-hydrogen) atoms. The van der Waals surface area contributed by atoms with Crippen molar-refractivity contribution < 1.29 is 14.3 Å². The summed E-state index contributed by atoms with van der Waals surface area (Å²) in [6.07, 6.45) is 3.36. The van der Waals surface area contributed by atoms with Crippen LogP contribution >= 0.6 is 0 Å². The predicted octanol–water partition coefficient (Wildman–Crippen LogP) is 4.49. The monoisotopic (exact) mass is 420 g/mol. The molecule has 3 aromatic rings. The van der Waals surface area contributed by atoms with Crippen LogP contribution in [0.4, 0.5) is 10.6 Å². The van der Waals surface area contributed by atoms with Crippen molar-refractivity contribution in [3.63, 3.8) is 0 Å². The van der Waals surface area contributed by atoms with Gasteiger partial charge >= 0.3 is 6.09 Å². The number of hydrogen-bond donors (Lipinski definition) is 1. The van der Waals surface area contributed by atoms with Crippen molar-refractivity contribution in [2.75, 3.05) is 31.1 Å². The Morgan fingerprint density at radius 1 is 1.03 bits per heavy atom. The van der Waals surface area contributed by atoms with E-state index in [1.807, 2.05) is 51.2 Å². The molecule has 0 atom stereocenters. The number of nitrogens with zero attached hydrogens (tertiary/aromatic N) is 3. The largest absolute Gasteiger partial charge is 0.444 e. The molecule has 4 rings (SSSR count). The highest BCUT2D eigenvalue weighted by Crippen LogP contribution is 2.27. The lowest BCUT2D eigenvalue weighted by Crippen LogP contribution is -2.50. The Kier molecular flexibility index (Phi) is 5.43. The number of aromatic nitrogens is 2. The zero-order chi connectivity index (χ0) is 22.2. The zero-order valence-electron chi connectivity index (χ0n) is 18.4. The van der Waals surface area contributed by atoms with Gasteiger partial charge < -0.3 is 19.5 Å². The lowest BCUT2D eigenvalue weighted by molar-refractivity contribution is 0.0240. The van der Waals surface area contributed by atoms with Crippen molar-refractivity contribution in [1.82, 2.24) is 14.9 Å². The van der Waals surface area contributed by atoms with E-state index in [1.54, 1.807) is 18.0 Å². The summed E-state index contributed by atoms with van der Waals surface area (Å²) in [6, 6.07) is 10.1. The van der Waals surface area contributed by atoms with Gasteiger partial charge in [-0.1, -0.05) is 12.1 Å². The summed E-state index contributed by atoms with van der Waals surface area (Å²) >= 11 is 0. The Labute approximate surface area is 182 Å². The number of hydrogen-bond acceptors (Lipinski definition) is 5. The molecule has 3 heterocycles. The summed E-state index contributed by atoms with van der Waals surface area (Å²) < 4.78 is 5.46. The molecule has 1 aliphatic heterocycles. The number of ketones is 1. The van der Waals surface area contributed by atoms with Crippen molar-refractivity contribution in [3.8, 4) is 11.1 Å². The summed E-state index contributed by atoms with van der Waals surface area (Å²) in [7, 11) is 0. The Bertz CT molecular complexity index is 1100. The molecule has 1 fully saturated rings. The Morgan fingerprint density at radius 2 is 1.74 bits per heavy atom. The molecular formula is C24H28N4O3. The average Bonchev–Trinajstić information content (AvgIpc) is 3.16. The van der Waals surface area contributed by atoms with E-state index in [4.69, 9.17) is 4.74 Å². The molecule has 1 amide bonds. The van der Waals surface area contributed by atoms with Crippen molar-refractivity contribution in [3.05, 3.63) is 48.3 Å². The van der Waals surface area contributed by atoms with E-state index in [1.165, 1.54) is 0 Å². The standard InChI is InChI=1S/C24H28N4O3/c1-16(29)20-15-25-21-13-17(5-7-19(20)21)18-6-8-22(26-14-18)27-9-11-28(12-10-27)23(30)31-24(2,3)4/h5-8,13-15,25H,9-12H2,1-4H3. The summed E-state index contributed by atoms with van der Waals surface area (Å²) in [4.78, 5) is 35.7. The van der Waals surface area contributed by atoms with Gasteiger partial charge in [-0.2, -0.15) is 0 Å². The molecule has 2 aromatic heterocycles. The molecule has 1 aromatic carbocycles. The second-order valence-corrected chi connectivity index (χ2v) is 8.88. The third kappa shape index (κ3) is 4.55. The number of carbonyl (C=O) groups excluding carboxylic acids is 2. The first-order chi connectivity index (χ1) is 14.7. The highest BCUT2D eigenvalue weighted by atomic mass is 16.6. The number of pyridine rings is 1. The summed E-state index contributed by atoms with van der Waals surface area (Å²) in [6.45, 7) is 9.86. The van der Waals surface area contributed by atoms with Gasteiger partial charge in [0, 0.05) is 60.6 Å². The van der Waals surface area contributed by atoms with Gasteiger partial charge in [0.25, 0.3) is 0 Å². The second kappa shape index (κ2) is 8.06. The van der Waals surface area contributed by atoms with Gasteiger partial charge in [-0.25, -0.2) is 9.78 Å². The first-order valence-corrected chi connectivity index (χ1v) is 10.5. The van der Waals surface area contributed by atoms with Crippen molar-refractivity contribution in [2.45, 2.75) is 33.3 Å². The Morgan fingerprint density at radius 3 is 2.35 bits per heavy atom. The van der Waals surface area contributed by atoms with Gasteiger partial charge in [-0.15, -0.1) is 0 Å². The maximum absolute atomic E-state index is 12.2. The third-order valence-electron chi connectivity index (χ3n) is 5.40. The number of amides is 1. The Balaban J connectivity index is 1.43. The van der Waals surface area contributed by atoms with E-state index in [9.17, 15) is 9.59 Å². The molecule has 7 nitrogen and oxygen atoms in total. The number of H-pyrrole nitrogens is 1. The summed E-state index contributed by atoms with van der Waals surface area (Å²) in [5.74, 6) is 0.948. The van der Waals surface area contributed by atoms with Gasteiger partial charge in [0.05, 0.1) is 0 Å². The lowest BCUT2D eigenvalue weighted by Gasteiger charge is -2.36. The van der Waals surface area contributed by atoms with E-state index in [0.29, 0.717) is 31.7 Å². The lowest BCUT2D eigenvalue weighted by atomic mass is 10.0. The molecule has 0 aliphatic carbocycles. The zero-order valence-corrected chi connectivity index (χ0v) is 18.4. The van der Waals surface area contributed by atoms with Crippen LogP contribution in [0.15, 0.2) is 42.7 Å². The number of rotatable bonds is 3. The minimum atomic E-state index is -0.484. The van der Waals surface area contributed by atoms with Crippen molar-refractivity contribution in [2.24, 2.45) is 0 Å². The molecule has 162 valence electrons. The second-order valence-electron chi connectivity index (χ2n) is 8.88. The number of Topliss-reactive ketones (excluding diaryl/α,β-unsaturated/α-hetero) is 1. The number of carbonyl (C=O) groups is 2. The fourth-order valence-corrected chi connectivity index (χ4v) is 3.79. The fourth-order valence-electron chi connectivity index (χ4n) is 3.79. The van der Waals surface area contributed by atoms with E-state index in [2.05, 4.69) is 20.9 Å². The molecule has 0 radical (unpaired) electrons. The van der Waals surface area contributed by atoms with E-state index < -0.39 is 5.60 Å². The van der Waals surface area contributed by atoms with E-state index >= 15 is 0 Å². The van der Waals surface area contributed by atoms with E-state index in [-0.39, 0.29) is 11.9 Å². The van der Waals surface area contributed by atoms with Gasteiger partial charge in [-0.05, 0) is 51.5 Å². The smallest absolute Gasteiger partial charge is 0.410 e. The minimum Gasteiger partial charge on any atom is -0.444 e. The van der Waals surface area contributed by atoms with Crippen LogP contribution in [0.1, 0.15) is 38.1 Å². The normalized spacial score (nSPS) is 14.7. The molecule has 7 heteroatoms. The molecule has 1 N–H and O–H groups in total. The number of nitrogens with one attached hydrogen (secondary N) is 1. The predicted molar refractivity (Wildman–Crippen MR) is 122 cm³/mol. The molecular weight excluding hydrogens is 392 g/mol. The minimum absolute atomic E-state index is 0.0526. The maximum atomic E-state index is 12.2. The number of aromatic amines is 1. The van der Waals surface area contributed by atoms with Crippen LogP contribution in [-0.2, 0) is 4.74 Å². The highest BCUT2D eigenvalue weighted by molar-refractivity contribution is 6.07.